The zero-order chi connectivity index (χ0) is 20.3. The maximum Gasteiger partial charge on any atom is 0.170 e. The van der Waals surface area contributed by atoms with Crippen molar-refractivity contribution in [2.75, 3.05) is 0 Å². The Morgan fingerprint density at radius 2 is 2.07 bits per heavy atom. The van der Waals surface area contributed by atoms with Gasteiger partial charge in [-0.2, -0.15) is 0 Å². The highest BCUT2D eigenvalue weighted by Crippen LogP contribution is 2.35. The van der Waals surface area contributed by atoms with Gasteiger partial charge in [0.25, 0.3) is 0 Å². The number of H-pyrrole nitrogens is 1. The largest absolute Gasteiger partial charge is 0.454 e. The van der Waals surface area contributed by atoms with Crippen molar-refractivity contribution in [3.05, 3.63) is 77.1 Å². The normalized spacial score (nSPS) is 11.9. The Kier molecular flexibility index (Phi) is 6.69. The number of fused-ring (bicyclic) bond motifs is 1. The maximum atomic E-state index is 14.6. The van der Waals surface area contributed by atoms with Crippen molar-refractivity contribution < 1.29 is 13.5 Å². The molecule has 0 aliphatic rings. The van der Waals surface area contributed by atoms with Crippen LogP contribution in [0.3, 0.4) is 0 Å². The number of benzene rings is 2. The van der Waals surface area contributed by atoms with Gasteiger partial charge in [0.15, 0.2) is 11.6 Å². The predicted octanol–water partition coefficient (Wildman–Crippen LogP) is 6.86. The third kappa shape index (κ3) is 4.21. The van der Waals surface area contributed by atoms with Gasteiger partial charge in [-0.05, 0) is 46.3 Å². The van der Waals surface area contributed by atoms with E-state index < -0.39 is 11.6 Å². The number of hydrogen-bond acceptors (Lipinski definition) is 3. The summed E-state index contributed by atoms with van der Waals surface area (Å²) in [6.45, 7) is 3.73. The SMILES string of the molecule is C=Cc1c(Oc2ccc(F)c(C(=N)/C(Cl)=C\NPI)c2)c(F)cc2[nH]ccc12. The molecule has 1 aromatic heterocycles. The molecular weight excluding hydrogens is 518 g/mol. The molecule has 0 saturated carbocycles. The Morgan fingerprint density at radius 3 is 2.79 bits per heavy atom. The molecule has 144 valence electrons. The average Bonchev–Trinajstić information content (AvgIpc) is 3.15. The molecule has 3 aromatic rings. The molecule has 0 radical (unpaired) electrons. The Bertz CT molecular complexity index is 1100. The molecule has 1 unspecified atom stereocenters. The molecule has 0 aliphatic heterocycles. The molecule has 2 aromatic carbocycles. The van der Waals surface area contributed by atoms with Crippen LogP contribution in [-0.2, 0) is 0 Å². The summed E-state index contributed by atoms with van der Waals surface area (Å²) in [6.07, 6.45) is 4.98. The van der Waals surface area contributed by atoms with Gasteiger partial charge in [0, 0.05) is 46.9 Å². The molecule has 0 bridgehead atoms. The van der Waals surface area contributed by atoms with Crippen LogP contribution in [0, 0.1) is 17.0 Å². The van der Waals surface area contributed by atoms with Crippen LogP contribution in [0.1, 0.15) is 11.1 Å². The van der Waals surface area contributed by atoms with E-state index in [9.17, 15) is 8.78 Å². The monoisotopic (exact) mass is 531 g/mol. The van der Waals surface area contributed by atoms with Crippen LogP contribution in [0.5, 0.6) is 11.5 Å². The fourth-order valence-corrected chi connectivity index (χ4v) is 3.57. The molecular formula is C19H14ClF2IN3OP. The first-order valence-electron chi connectivity index (χ1n) is 7.91. The lowest BCUT2D eigenvalue weighted by Crippen LogP contribution is -2.05. The molecule has 1 atom stereocenters. The van der Waals surface area contributed by atoms with E-state index in [0.717, 1.165) is 11.5 Å². The van der Waals surface area contributed by atoms with E-state index in [4.69, 9.17) is 21.7 Å². The first-order chi connectivity index (χ1) is 13.5. The average molecular weight is 532 g/mol. The minimum atomic E-state index is -0.633. The van der Waals surface area contributed by atoms with Crippen LogP contribution in [0.2, 0.25) is 0 Å². The lowest BCUT2D eigenvalue weighted by molar-refractivity contribution is 0.441. The number of allylic oxidation sites excluding steroid dienone is 1. The summed E-state index contributed by atoms with van der Waals surface area (Å²) in [7, 11) is 0. The van der Waals surface area contributed by atoms with Gasteiger partial charge >= 0.3 is 0 Å². The van der Waals surface area contributed by atoms with E-state index in [0.29, 0.717) is 17.5 Å². The van der Waals surface area contributed by atoms with Crippen molar-refractivity contribution in [1.82, 2.24) is 10.1 Å². The smallest absolute Gasteiger partial charge is 0.170 e. The summed E-state index contributed by atoms with van der Waals surface area (Å²) in [5, 5.41) is 11.8. The summed E-state index contributed by atoms with van der Waals surface area (Å²) in [5.41, 5.74) is 0.821. The van der Waals surface area contributed by atoms with Crippen molar-refractivity contribution in [2.24, 2.45) is 0 Å². The van der Waals surface area contributed by atoms with Crippen LogP contribution in [0.25, 0.3) is 17.0 Å². The summed E-state index contributed by atoms with van der Waals surface area (Å²) < 4.78 is 34.5. The number of rotatable bonds is 7. The highest BCUT2D eigenvalue weighted by atomic mass is 127. The summed E-state index contributed by atoms with van der Waals surface area (Å²) in [6, 6.07) is 6.93. The van der Waals surface area contributed by atoms with Crippen molar-refractivity contribution >= 4 is 62.7 Å². The number of aromatic nitrogens is 1. The first kappa shape index (κ1) is 20.8. The van der Waals surface area contributed by atoms with Gasteiger partial charge in [0.05, 0.1) is 10.7 Å². The van der Waals surface area contributed by atoms with E-state index in [-0.39, 0.29) is 27.8 Å². The topological polar surface area (TPSA) is 60.9 Å². The van der Waals surface area contributed by atoms with Crippen molar-refractivity contribution in [1.29, 1.82) is 5.41 Å². The van der Waals surface area contributed by atoms with Gasteiger partial charge in [0.1, 0.15) is 11.6 Å². The van der Waals surface area contributed by atoms with Crippen LogP contribution in [0.15, 0.2) is 54.3 Å². The number of halogens is 4. The summed E-state index contributed by atoms with van der Waals surface area (Å²) >= 11 is 8.15. The molecule has 9 heteroatoms. The fourth-order valence-electron chi connectivity index (χ4n) is 2.65. The second-order valence-corrected chi connectivity index (χ2v) is 8.10. The van der Waals surface area contributed by atoms with Gasteiger partial charge < -0.3 is 14.8 Å². The van der Waals surface area contributed by atoms with Crippen LogP contribution in [-0.4, -0.2) is 10.7 Å². The number of hydrogen-bond donors (Lipinski definition) is 3. The first-order valence-corrected chi connectivity index (χ1v) is 12.4. The van der Waals surface area contributed by atoms with Crippen molar-refractivity contribution in [2.45, 2.75) is 0 Å². The highest BCUT2D eigenvalue weighted by molar-refractivity contribution is 14.2. The molecule has 0 aliphatic carbocycles. The zero-order valence-electron chi connectivity index (χ0n) is 14.2. The Hall–Kier alpha value is -1.96. The van der Waals surface area contributed by atoms with Crippen LogP contribution >= 0.6 is 40.0 Å². The van der Waals surface area contributed by atoms with E-state index >= 15 is 0 Å². The maximum absolute atomic E-state index is 14.6. The molecule has 0 saturated heterocycles. The van der Waals surface area contributed by atoms with Gasteiger partial charge in [0.2, 0.25) is 0 Å². The lowest BCUT2D eigenvalue weighted by atomic mass is 10.1. The molecule has 3 rings (SSSR count). The van der Waals surface area contributed by atoms with Gasteiger partial charge in [-0.25, -0.2) is 8.78 Å². The Balaban J connectivity index is 2.01. The molecule has 4 nitrogen and oxygen atoms in total. The van der Waals surface area contributed by atoms with Crippen molar-refractivity contribution in [3.8, 4) is 11.5 Å². The molecule has 0 fully saturated rings. The molecule has 0 spiro atoms. The highest BCUT2D eigenvalue weighted by Gasteiger charge is 2.17. The van der Waals surface area contributed by atoms with Crippen LogP contribution < -0.4 is 9.82 Å². The molecule has 1 heterocycles. The van der Waals surface area contributed by atoms with Gasteiger partial charge in [-0.1, -0.05) is 24.3 Å². The zero-order valence-corrected chi connectivity index (χ0v) is 18.2. The fraction of sp³-hybridized carbons (Fsp3) is 0. The third-order valence-electron chi connectivity index (χ3n) is 3.93. The molecule has 0 amide bonds. The van der Waals surface area contributed by atoms with Gasteiger partial charge in [-0.3, -0.25) is 5.41 Å². The number of nitrogens with one attached hydrogen (secondary N) is 3. The lowest BCUT2D eigenvalue weighted by Gasteiger charge is -2.13. The number of ether oxygens (including phenoxy) is 1. The Morgan fingerprint density at radius 1 is 1.29 bits per heavy atom. The summed E-state index contributed by atoms with van der Waals surface area (Å²) in [5.74, 6) is -1.07. The van der Waals surface area contributed by atoms with E-state index in [2.05, 4.69) is 38.7 Å². The quantitative estimate of drug-likeness (QED) is 0.177. The predicted molar refractivity (Wildman–Crippen MR) is 121 cm³/mol. The standard InChI is InChI=1S/C19H14ClF2IN3OP/c1-2-11-12-5-6-25-17(12)8-16(22)19(11)27-10-3-4-15(21)13(7-10)18(24)14(20)9-26-28-23/h2-9,24-26,28H,1H2/b14-9+,24-18?. The van der Waals surface area contributed by atoms with E-state index in [1.807, 2.05) is 0 Å². The van der Waals surface area contributed by atoms with Crippen LogP contribution in [0.4, 0.5) is 8.78 Å². The van der Waals surface area contributed by atoms with E-state index in [1.54, 1.807) is 12.3 Å². The summed E-state index contributed by atoms with van der Waals surface area (Å²) in [4.78, 5) is 2.94. The van der Waals surface area contributed by atoms with Crippen molar-refractivity contribution in [3.63, 3.8) is 0 Å². The molecule has 3 N–H and O–H groups in total. The van der Waals surface area contributed by atoms with E-state index in [1.165, 1.54) is 30.5 Å². The second-order valence-electron chi connectivity index (χ2n) is 5.59. The minimum absolute atomic E-state index is 0.0272. The molecule has 28 heavy (non-hydrogen) atoms. The van der Waals surface area contributed by atoms with Gasteiger partial charge in [-0.15, -0.1) is 0 Å². The third-order valence-corrected chi connectivity index (χ3v) is 5.41. The Labute approximate surface area is 179 Å². The second kappa shape index (κ2) is 9.03. The minimum Gasteiger partial charge on any atom is -0.454 e. The number of aromatic amines is 1.